The summed E-state index contributed by atoms with van der Waals surface area (Å²) >= 11 is 0. The van der Waals surface area contributed by atoms with Crippen molar-refractivity contribution in [2.75, 3.05) is 19.6 Å². The third-order valence-corrected chi connectivity index (χ3v) is 11.3. The number of aliphatic hydroxyl groups excluding tert-OH is 1. The molecule has 2 heterocycles. The molecule has 6 heteroatoms. The summed E-state index contributed by atoms with van der Waals surface area (Å²) in [5.74, 6) is 1.16. The van der Waals surface area contributed by atoms with Crippen LogP contribution < -0.4 is 10.1 Å². The van der Waals surface area contributed by atoms with E-state index in [0.29, 0.717) is 30.7 Å². The minimum absolute atomic E-state index is 0.0249. The number of nitrogens with zero attached hydrogens (tertiary/aromatic N) is 1. The highest BCUT2D eigenvalue weighted by atomic mass is 16.5. The van der Waals surface area contributed by atoms with Crippen LogP contribution in [-0.2, 0) is 18.3 Å². The van der Waals surface area contributed by atoms with Crippen LogP contribution in [-0.4, -0.2) is 64.5 Å². The molecule has 0 aromatic heterocycles. The van der Waals surface area contributed by atoms with Crippen molar-refractivity contribution < 1.29 is 19.7 Å². The standard InChI is InChI=1S/C36H40N2O4/c39-29-15-17-36(41)30-21-27-13-14-28(32-31(27)35(36,33(29)42-32)18-20-38(30)22-24-5-4-6-24)34(40)37-19-16-23-9-11-26(12-10-23)25-7-2-1-3-8-25/h1-3,7-14,24,29-30,33,39,41H,4-6,15-22H2,(H,37,40)/t29-,30+,33-,35-,36+/m0/s1. The minimum atomic E-state index is -0.960. The highest BCUT2D eigenvalue weighted by molar-refractivity contribution is 5.98. The quantitative estimate of drug-likeness (QED) is 0.390. The molecule has 218 valence electrons. The predicted molar refractivity (Wildman–Crippen MR) is 162 cm³/mol. The summed E-state index contributed by atoms with van der Waals surface area (Å²) in [5.41, 5.74) is 4.60. The second-order valence-electron chi connectivity index (χ2n) is 13.3. The van der Waals surface area contributed by atoms with Crippen molar-refractivity contribution in [2.45, 2.75) is 80.6 Å². The molecule has 2 aliphatic heterocycles. The molecule has 2 bridgehead atoms. The average molecular weight is 565 g/mol. The highest BCUT2D eigenvalue weighted by Crippen LogP contribution is 2.64. The molecule has 3 aromatic carbocycles. The lowest BCUT2D eigenvalue weighted by molar-refractivity contribution is -0.209. The van der Waals surface area contributed by atoms with Crippen LogP contribution in [0.5, 0.6) is 5.75 Å². The Bertz CT molecular complexity index is 1500. The molecule has 1 saturated heterocycles. The number of nitrogens with one attached hydrogen (secondary N) is 1. The van der Waals surface area contributed by atoms with Crippen molar-refractivity contribution in [1.82, 2.24) is 10.2 Å². The summed E-state index contributed by atoms with van der Waals surface area (Å²) in [7, 11) is 0. The lowest BCUT2D eigenvalue weighted by Gasteiger charge is -2.64. The molecule has 2 saturated carbocycles. The number of hydrogen-bond donors (Lipinski definition) is 3. The first-order chi connectivity index (χ1) is 20.5. The molecular formula is C36H40N2O4. The number of rotatable bonds is 7. The van der Waals surface area contributed by atoms with E-state index in [9.17, 15) is 15.0 Å². The van der Waals surface area contributed by atoms with Gasteiger partial charge < -0.3 is 20.3 Å². The normalized spacial score (nSPS) is 31.1. The van der Waals surface area contributed by atoms with Crippen molar-refractivity contribution in [2.24, 2.45) is 5.92 Å². The first-order valence-electron chi connectivity index (χ1n) is 15.9. The van der Waals surface area contributed by atoms with Crippen LogP contribution in [0.2, 0.25) is 0 Å². The minimum Gasteiger partial charge on any atom is -0.486 e. The van der Waals surface area contributed by atoms with E-state index in [1.54, 1.807) is 0 Å². The molecule has 8 rings (SSSR count). The van der Waals surface area contributed by atoms with Crippen LogP contribution in [0.4, 0.5) is 0 Å². The maximum Gasteiger partial charge on any atom is 0.255 e. The topological polar surface area (TPSA) is 82.0 Å². The summed E-state index contributed by atoms with van der Waals surface area (Å²) in [6.45, 7) is 2.46. The summed E-state index contributed by atoms with van der Waals surface area (Å²) in [6, 6.07) is 22.8. The van der Waals surface area contributed by atoms with Crippen molar-refractivity contribution in [3.63, 3.8) is 0 Å². The molecule has 6 nitrogen and oxygen atoms in total. The number of hydrogen-bond acceptors (Lipinski definition) is 5. The van der Waals surface area contributed by atoms with Gasteiger partial charge in [0.05, 0.1) is 22.7 Å². The van der Waals surface area contributed by atoms with Crippen molar-refractivity contribution in [1.29, 1.82) is 0 Å². The Labute approximate surface area is 247 Å². The molecule has 3 fully saturated rings. The van der Waals surface area contributed by atoms with Gasteiger partial charge in [-0.3, -0.25) is 9.69 Å². The van der Waals surface area contributed by atoms with E-state index in [1.807, 2.05) is 24.3 Å². The largest absolute Gasteiger partial charge is 0.486 e. The summed E-state index contributed by atoms with van der Waals surface area (Å²) < 4.78 is 6.59. The van der Waals surface area contributed by atoms with Gasteiger partial charge in [-0.05, 0) is 85.7 Å². The van der Waals surface area contributed by atoms with Gasteiger partial charge in [-0.1, -0.05) is 67.1 Å². The Hall–Kier alpha value is -3.19. The Morgan fingerprint density at radius 3 is 2.52 bits per heavy atom. The fourth-order valence-electron chi connectivity index (χ4n) is 8.93. The molecule has 42 heavy (non-hydrogen) atoms. The molecule has 0 radical (unpaired) electrons. The van der Waals surface area contributed by atoms with Crippen molar-refractivity contribution in [3.05, 3.63) is 89.0 Å². The number of carbonyl (C=O) groups is 1. The number of aliphatic hydroxyl groups is 2. The molecule has 3 aliphatic carbocycles. The lowest BCUT2D eigenvalue weighted by Crippen LogP contribution is -2.77. The summed E-state index contributed by atoms with van der Waals surface area (Å²) in [5, 5.41) is 26.9. The summed E-state index contributed by atoms with van der Waals surface area (Å²) in [6.07, 6.45) is 6.04. The van der Waals surface area contributed by atoms with Gasteiger partial charge in [0.2, 0.25) is 0 Å². The molecule has 3 N–H and O–H groups in total. The van der Waals surface area contributed by atoms with E-state index in [-0.39, 0.29) is 11.9 Å². The smallest absolute Gasteiger partial charge is 0.255 e. The third-order valence-electron chi connectivity index (χ3n) is 11.3. The van der Waals surface area contributed by atoms with Gasteiger partial charge in [0.1, 0.15) is 11.9 Å². The van der Waals surface area contributed by atoms with E-state index in [1.165, 1.54) is 41.5 Å². The van der Waals surface area contributed by atoms with Crippen molar-refractivity contribution >= 4 is 5.91 Å². The van der Waals surface area contributed by atoms with Gasteiger partial charge in [-0.15, -0.1) is 0 Å². The van der Waals surface area contributed by atoms with Gasteiger partial charge in [0.15, 0.2) is 0 Å². The van der Waals surface area contributed by atoms with Gasteiger partial charge >= 0.3 is 0 Å². The Kier molecular flexibility index (Phi) is 6.25. The maximum atomic E-state index is 13.6. The molecule has 3 aromatic rings. The monoisotopic (exact) mass is 564 g/mol. The molecule has 1 amide bonds. The fourth-order valence-corrected chi connectivity index (χ4v) is 8.93. The second kappa shape index (κ2) is 9.94. The zero-order valence-electron chi connectivity index (χ0n) is 24.1. The number of amides is 1. The van der Waals surface area contributed by atoms with Gasteiger partial charge in [-0.25, -0.2) is 0 Å². The van der Waals surface area contributed by atoms with E-state index in [0.717, 1.165) is 43.8 Å². The second-order valence-corrected chi connectivity index (χ2v) is 13.3. The third kappa shape index (κ3) is 3.84. The van der Waals surface area contributed by atoms with Crippen LogP contribution in [0, 0.1) is 5.92 Å². The van der Waals surface area contributed by atoms with Crippen LogP contribution in [0.1, 0.15) is 65.6 Å². The first kappa shape index (κ1) is 26.4. The zero-order valence-corrected chi connectivity index (χ0v) is 24.1. The Morgan fingerprint density at radius 1 is 0.976 bits per heavy atom. The highest BCUT2D eigenvalue weighted by Gasteiger charge is 2.72. The van der Waals surface area contributed by atoms with Gasteiger partial charge in [0.25, 0.3) is 5.91 Å². The van der Waals surface area contributed by atoms with Gasteiger partial charge in [0, 0.05) is 24.7 Å². The lowest BCUT2D eigenvalue weighted by atomic mass is 9.48. The van der Waals surface area contributed by atoms with E-state index in [4.69, 9.17) is 4.74 Å². The van der Waals surface area contributed by atoms with Crippen molar-refractivity contribution in [3.8, 4) is 16.9 Å². The number of benzene rings is 3. The molecule has 5 atom stereocenters. The van der Waals surface area contributed by atoms with Crippen LogP contribution in [0.3, 0.4) is 0 Å². The Balaban J connectivity index is 1.03. The van der Waals surface area contributed by atoms with Crippen LogP contribution in [0.15, 0.2) is 66.7 Å². The number of likely N-dealkylation sites (tertiary alicyclic amines) is 1. The van der Waals surface area contributed by atoms with E-state index in [2.05, 4.69) is 52.7 Å². The number of piperidine rings is 1. The van der Waals surface area contributed by atoms with E-state index < -0.39 is 23.2 Å². The molecule has 1 spiro atoms. The SMILES string of the molecule is O=C(NCCc1ccc(-c2ccccc2)cc1)c1ccc2c3c1O[C@H]1[C@@H](O)CC[C@@]4(O)[C@@H](C2)N(CC2CCC2)CC[C@]314. The van der Waals surface area contributed by atoms with Gasteiger partial charge in [-0.2, -0.15) is 0 Å². The first-order valence-corrected chi connectivity index (χ1v) is 15.9. The summed E-state index contributed by atoms with van der Waals surface area (Å²) in [4.78, 5) is 16.1. The number of carbonyl (C=O) groups excluding carboxylic acids is 1. The predicted octanol–water partition coefficient (Wildman–Crippen LogP) is 4.64. The molecule has 5 aliphatic rings. The molecular weight excluding hydrogens is 524 g/mol. The zero-order chi connectivity index (χ0) is 28.5. The molecule has 0 unspecified atom stereocenters. The average Bonchev–Trinajstić information content (AvgIpc) is 3.34. The van der Waals surface area contributed by atoms with Crippen LogP contribution in [0.25, 0.3) is 11.1 Å². The Morgan fingerprint density at radius 2 is 1.76 bits per heavy atom. The number of ether oxygens (including phenoxy) is 1. The van der Waals surface area contributed by atoms with E-state index >= 15 is 0 Å². The fraction of sp³-hybridized carbons (Fsp3) is 0.472. The maximum absolute atomic E-state index is 13.6. The van der Waals surface area contributed by atoms with Crippen LogP contribution >= 0.6 is 0 Å².